The minimum atomic E-state index is -3.65. The Balaban J connectivity index is 2.22. The number of sulfonamides is 1. The highest BCUT2D eigenvalue weighted by Gasteiger charge is 2.22. The number of aryl methyl sites for hydroxylation is 2. The van der Waals surface area contributed by atoms with Crippen molar-refractivity contribution < 1.29 is 12.8 Å². The molecule has 3 nitrogen and oxygen atoms in total. The van der Waals surface area contributed by atoms with Crippen LogP contribution in [0.15, 0.2) is 34.5 Å². The molecular weight excluding hydrogens is 309 g/mol. The van der Waals surface area contributed by atoms with E-state index in [1.807, 2.05) is 24.4 Å². The molecule has 1 heterocycles. The van der Waals surface area contributed by atoms with Crippen molar-refractivity contribution >= 4 is 21.4 Å². The molecule has 0 radical (unpaired) electrons. The standard InChI is InChI=1S/C15H18FNO2S2/c1-10-7-13(16)8-11(2)15(10)21(18,19)17-12(3)9-14-5-4-6-20-14/h4-8,12,17H,9H2,1-3H3. The van der Waals surface area contributed by atoms with Gasteiger partial charge in [-0.3, -0.25) is 0 Å². The molecule has 2 aromatic rings. The molecule has 1 unspecified atom stereocenters. The van der Waals surface area contributed by atoms with Gasteiger partial charge in [0.15, 0.2) is 0 Å². The molecule has 0 fully saturated rings. The molecule has 114 valence electrons. The fourth-order valence-corrected chi connectivity index (χ4v) is 4.95. The molecular formula is C15H18FNO2S2. The highest BCUT2D eigenvalue weighted by Crippen LogP contribution is 2.22. The van der Waals surface area contributed by atoms with E-state index in [1.54, 1.807) is 25.2 Å². The highest BCUT2D eigenvalue weighted by atomic mass is 32.2. The molecule has 0 saturated carbocycles. The first-order chi connectivity index (χ1) is 9.79. The van der Waals surface area contributed by atoms with Crippen molar-refractivity contribution in [2.24, 2.45) is 0 Å². The Bertz CT molecular complexity index is 701. The van der Waals surface area contributed by atoms with E-state index in [0.717, 1.165) is 4.88 Å². The summed E-state index contributed by atoms with van der Waals surface area (Å²) in [6.07, 6.45) is 0.635. The number of hydrogen-bond acceptors (Lipinski definition) is 3. The SMILES string of the molecule is Cc1cc(F)cc(C)c1S(=O)(=O)NC(C)Cc1cccs1. The molecule has 0 spiro atoms. The number of halogens is 1. The van der Waals surface area contributed by atoms with E-state index < -0.39 is 15.8 Å². The molecule has 0 bridgehead atoms. The van der Waals surface area contributed by atoms with Crippen LogP contribution >= 0.6 is 11.3 Å². The largest absolute Gasteiger partial charge is 0.241 e. The Morgan fingerprint density at radius 2 is 1.90 bits per heavy atom. The van der Waals surface area contributed by atoms with E-state index in [9.17, 15) is 12.8 Å². The van der Waals surface area contributed by atoms with Crippen LogP contribution in [0, 0.1) is 19.7 Å². The lowest BCUT2D eigenvalue weighted by atomic mass is 10.1. The summed E-state index contributed by atoms with van der Waals surface area (Å²) in [5.41, 5.74) is 0.839. The van der Waals surface area contributed by atoms with Gasteiger partial charge in [-0.2, -0.15) is 0 Å². The van der Waals surface area contributed by atoms with E-state index >= 15 is 0 Å². The molecule has 21 heavy (non-hydrogen) atoms. The van der Waals surface area contributed by atoms with Gasteiger partial charge in [0.2, 0.25) is 10.0 Å². The molecule has 1 aromatic carbocycles. The van der Waals surface area contributed by atoms with Gasteiger partial charge >= 0.3 is 0 Å². The normalized spacial score (nSPS) is 13.3. The molecule has 1 aromatic heterocycles. The van der Waals surface area contributed by atoms with E-state index in [4.69, 9.17) is 0 Å². The van der Waals surface area contributed by atoms with Crippen LogP contribution in [0.4, 0.5) is 4.39 Å². The lowest BCUT2D eigenvalue weighted by molar-refractivity contribution is 0.558. The summed E-state index contributed by atoms with van der Waals surface area (Å²) in [6.45, 7) is 5.04. The average Bonchev–Trinajstić information content (AvgIpc) is 2.78. The number of rotatable bonds is 5. The maximum Gasteiger partial charge on any atom is 0.241 e. The summed E-state index contributed by atoms with van der Waals surface area (Å²) in [6, 6.07) is 6.17. The lowest BCUT2D eigenvalue weighted by Gasteiger charge is -2.16. The van der Waals surface area contributed by atoms with E-state index in [1.165, 1.54) is 12.1 Å². The van der Waals surface area contributed by atoms with E-state index in [-0.39, 0.29) is 10.9 Å². The number of nitrogens with one attached hydrogen (secondary N) is 1. The summed E-state index contributed by atoms with van der Waals surface area (Å²) in [7, 11) is -3.65. The number of benzene rings is 1. The average molecular weight is 327 g/mol. The van der Waals surface area contributed by atoms with Crippen LogP contribution in [0.1, 0.15) is 22.9 Å². The van der Waals surface area contributed by atoms with Crippen molar-refractivity contribution in [2.75, 3.05) is 0 Å². The van der Waals surface area contributed by atoms with Gasteiger partial charge in [0, 0.05) is 10.9 Å². The lowest BCUT2D eigenvalue weighted by Crippen LogP contribution is -2.34. The zero-order chi connectivity index (χ0) is 15.6. The molecule has 1 atom stereocenters. The van der Waals surface area contributed by atoms with Crippen LogP contribution in [0.2, 0.25) is 0 Å². The third kappa shape index (κ3) is 3.90. The summed E-state index contributed by atoms with van der Waals surface area (Å²) in [5, 5.41) is 1.96. The fraction of sp³-hybridized carbons (Fsp3) is 0.333. The van der Waals surface area contributed by atoms with Crippen LogP contribution < -0.4 is 4.72 Å². The van der Waals surface area contributed by atoms with Crippen LogP contribution in [-0.2, 0) is 16.4 Å². The third-order valence-electron chi connectivity index (χ3n) is 3.14. The summed E-state index contributed by atoms with van der Waals surface area (Å²) in [4.78, 5) is 1.29. The fourth-order valence-electron chi connectivity index (χ4n) is 2.42. The smallest absolute Gasteiger partial charge is 0.208 e. The Labute approximate surface area is 128 Å². The predicted octanol–water partition coefficient (Wildman–Crippen LogP) is 3.41. The zero-order valence-electron chi connectivity index (χ0n) is 12.2. The molecule has 2 rings (SSSR count). The quantitative estimate of drug-likeness (QED) is 0.915. The van der Waals surface area contributed by atoms with Crippen LogP contribution in [0.25, 0.3) is 0 Å². The van der Waals surface area contributed by atoms with Gasteiger partial charge < -0.3 is 0 Å². The monoisotopic (exact) mass is 327 g/mol. The minimum absolute atomic E-state index is 0.168. The first kappa shape index (κ1) is 16.1. The van der Waals surface area contributed by atoms with Gasteiger partial charge in [0.25, 0.3) is 0 Å². The third-order valence-corrected chi connectivity index (χ3v) is 5.93. The van der Waals surface area contributed by atoms with Crippen molar-refractivity contribution in [1.82, 2.24) is 4.72 Å². The molecule has 1 N–H and O–H groups in total. The summed E-state index contributed by atoms with van der Waals surface area (Å²) >= 11 is 1.60. The van der Waals surface area contributed by atoms with Crippen LogP contribution in [0.5, 0.6) is 0 Å². The van der Waals surface area contributed by atoms with E-state index in [0.29, 0.717) is 17.5 Å². The van der Waals surface area contributed by atoms with Crippen molar-refractivity contribution in [1.29, 1.82) is 0 Å². The molecule has 0 aliphatic heterocycles. The highest BCUT2D eigenvalue weighted by molar-refractivity contribution is 7.89. The Morgan fingerprint density at radius 1 is 1.29 bits per heavy atom. The molecule has 6 heteroatoms. The topological polar surface area (TPSA) is 46.2 Å². The molecule has 0 aliphatic carbocycles. The zero-order valence-corrected chi connectivity index (χ0v) is 13.8. The number of hydrogen-bond donors (Lipinski definition) is 1. The first-order valence-electron chi connectivity index (χ1n) is 6.61. The van der Waals surface area contributed by atoms with E-state index in [2.05, 4.69) is 4.72 Å². The van der Waals surface area contributed by atoms with Crippen molar-refractivity contribution in [3.63, 3.8) is 0 Å². The number of thiophene rings is 1. The summed E-state index contributed by atoms with van der Waals surface area (Å²) in [5.74, 6) is -0.421. The van der Waals surface area contributed by atoms with Gasteiger partial charge in [-0.1, -0.05) is 6.07 Å². The second-order valence-electron chi connectivity index (χ2n) is 5.17. The second-order valence-corrected chi connectivity index (χ2v) is 7.86. The maximum absolute atomic E-state index is 13.3. The second kappa shape index (κ2) is 6.25. The Morgan fingerprint density at radius 3 is 2.43 bits per heavy atom. The van der Waals surface area contributed by atoms with Gasteiger partial charge in [-0.05, 0) is 61.9 Å². The van der Waals surface area contributed by atoms with Gasteiger partial charge in [0.05, 0.1) is 4.90 Å². The Hall–Kier alpha value is -1.24. The molecule has 0 aliphatic rings. The first-order valence-corrected chi connectivity index (χ1v) is 8.97. The predicted molar refractivity (Wildman–Crippen MR) is 83.7 cm³/mol. The molecule has 0 saturated heterocycles. The minimum Gasteiger partial charge on any atom is -0.208 e. The van der Waals surface area contributed by atoms with Crippen molar-refractivity contribution in [3.8, 4) is 0 Å². The van der Waals surface area contributed by atoms with Crippen LogP contribution in [0.3, 0.4) is 0 Å². The van der Waals surface area contributed by atoms with Crippen molar-refractivity contribution in [2.45, 2.75) is 38.1 Å². The molecule has 0 amide bonds. The Kier molecular flexibility index (Phi) is 4.81. The van der Waals surface area contributed by atoms with Crippen LogP contribution in [-0.4, -0.2) is 14.5 Å². The van der Waals surface area contributed by atoms with Gasteiger partial charge in [-0.15, -0.1) is 11.3 Å². The van der Waals surface area contributed by atoms with Gasteiger partial charge in [-0.25, -0.2) is 17.5 Å². The van der Waals surface area contributed by atoms with Crippen molar-refractivity contribution in [3.05, 3.63) is 51.5 Å². The maximum atomic E-state index is 13.3. The summed E-state index contributed by atoms with van der Waals surface area (Å²) < 4.78 is 41.0. The van der Waals surface area contributed by atoms with Gasteiger partial charge in [0.1, 0.15) is 5.82 Å².